The highest BCUT2D eigenvalue weighted by molar-refractivity contribution is 4.78. The lowest BCUT2D eigenvalue weighted by Crippen LogP contribution is -2.40. The van der Waals surface area contributed by atoms with Gasteiger partial charge in [-0.25, -0.2) is 0 Å². The van der Waals surface area contributed by atoms with Gasteiger partial charge in [0.15, 0.2) is 0 Å². The number of nitrogens with two attached hydrogens (primary N) is 1. The third kappa shape index (κ3) is 4.49. The molecular formula is C12H26N2O. The van der Waals surface area contributed by atoms with Crippen molar-refractivity contribution in [2.75, 3.05) is 26.2 Å². The third-order valence-electron chi connectivity index (χ3n) is 3.39. The number of ether oxygens (including phenoxy) is 1. The van der Waals surface area contributed by atoms with Gasteiger partial charge in [0.1, 0.15) is 0 Å². The maximum atomic E-state index is 6.02. The summed E-state index contributed by atoms with van der Waals surface area (Å²) in [6.45, 7) is 8.47. The van der Waals surface area contributed by atoms with Gasteiger partial charge in [0.25, 0.3) is 0 Å². The molecule has 15 heavy (non-hydrogen) atoms. The van der Waals surface area contributed by atoms with Crippen molar-refractivity contribution in [3.05, 3.63) is 0 Å². The van der Waals surface area contributed by atoms with Crippen LogP contribution in [0.4, 0.5) is 0 Å². The molecule has 0 heterocycles. The standard InChI is InChI=1S/C12H26N2O/c1-3-14(4-2)9-10-15-12-8-6-5-7-11(12)13/h11-12H,3-10,13H2,1-2H3. The van der Waals surface area contributed by atoms with Gasteiger partial charge in [-0.3, -0.25) is 0 Å². The topological polar surface area (TPSA) is 38.5 Å². The van der Waals surface area contributed by atoms with Crippen LogP contribution in [0.15, 0.2) is 0 Å². The zero-order valence-corrected chi connectivity index (χ0v) is 10.2. The minimum absolute atomic E-state index is 0.274. The lowest BCUT2D eigenvalue weighted by molar-refractivity contribution is 0.00542. The molecule has 0 bridgehead atoms. The molecule has 1 aliphatic carbocycles. The van der Waals surface area contributed by atoms with Crippen molar-refractivity contribution >= 4 is 0 Å². The van der Waals surface area contributed by atoms with E-state index in [4.69, 9.17) is 10.5 Å². The lowest BCUT2D eigenvalue weighted by Gasteiger charge is -2.29. The highest BCUT2D eigenvalue weighted by Gasteiger charge is 2.21. The van der Waals surface area contributed by atoms with Gasteiger partial charge in [-0.2, -0.15) is 0 Å². The van der Waals surface area contributed by atoms with Crippen molar-refractivity contribution in [3.63, 3.8) is 0 Å². The summed E-state index contributed by atoms with van der Waals surface area (Å²) in [5.74, 6) is 0. The van der Waals surface area contributed by atoms with E-state index in [-0.39, 0.29) is 6.04 Å². The number of hydrogen-bond donors (Lipinski definition) is 1. The van der Waals surface area contributed by atoms with Gasteiger partial charge in [-0.1, -0.05) is 26.7 Å². The second-order valence-corrected chi connectivity index (χ2v) is 4.38. The molecule has 1 rings (SSSR count). The fraction of sp³-hybridized carbons (Fsp3) is 1.00. The fourth-order valence-corrected chi connectivity index (χ4v) is 2.21. The Hall–Kier alpha value is -0.120. The molecule has 1 fully saturated rings. The zero-order valence-electron chi connectivity index (χ0n) is 10.2. The second-order valence-electron chi connectivity index (χ2n) is 4.38. The van der Waals surface area contributed by atoms with Gasteiger partial charge in [0, 0.05) is 12.6 Å². The van der Waals surface area contributed by atoms with Crippen LogP contribution in [0.1, 0.15) is 39.5 Å². The van der Waals surface area contributed by atoms with E-state index >= 15 is 0 Å². The SMILES string of the molecule is CCN(CC)CCOC1CCCCC1N. The maximum Gasteiger partial charge on any atom is 0.0726 e. The predicted octanol–water partition coefficient (Wildman–Crippen LogP) is 1.61. The summed E-state index contributed by atoms with van der Waals surface area (Å²) in [5.41, 5.74) is 6.02. The molecule has 1 saturated carbocycles. The van der Waals surface area contributed by atoms with Crippen LogP contribution in [0, 0.1) is 0 Å². The first-order chi connectivity index (χ1) is 7.27. The molecular weight excluding hydrogens is 188 g/mol. The molecule has 2 N–H and O–H groups in total. The number of rotatable bonds is 6. The number of likely N-dealkylation sites (N-methyl/N-ethyl adjacent to an activating group) is 1. The van der Waals surface area contributed by atoms with Crippen LogP contribution in [0.5, 0.6) is 0 Å². The second kappa shape index (κ2) is 7.20. The number of nitrogens with zero attached hydrogens (tertiary/aromatic N) is 1. The Bertz CT molecular complexity index is 160. The van der Waals surface area contributed by atoms with Crippen LogP contribution in [-0.2, 0) is 4.74 Å². The Balaban J connectivity index is 2.12. The molecule has 0 amide bonds. The maximum absolute atomic E-state index is 6.02. The zero-order chi connectivity index (χ0) is 11.1. The Morgan fingerprint density at radius 2 is 1.87 bits per heavy atom. The molecule has 0 spiro atoms. The normalized spacial score (nSPS) is 27.2. The molecule has 0 saturated heterocycles. The highest BCUT2D eigenvalue weighted by atomic mass is 16.5. The van der Waals surface area contributed by atoms with Gasteiger partial charge in [0.05, 0.1) is 12.7 Å². The van der Waals surface area contributed by atoms with Crippen LogP contribution in [0.3, 0.4) is 0 Å². The van der Waals surface area contributed by atoms with Crippen LogP contribution in [-0.4, -0.2) is 43.3 Å². The smallest absolute Gasteiger partial charge is 0.0726 e. The molecule has 2 unspecified atom stereocenters. The van der Waals surface area contributed by atoms with Crippen molar-refractivity contribution in [1.29, 1.82) is 0 Å². The third-order valence-corrected chi connectivity index (χ3v) is 3.39. The molecule has 3 nitrogen and oxygen atoms in total. The first kappa shape index (κ1) is 12.9. The summed E-state index contributed by atoms with van der Waals surface area (Å²) in [5, 5.41) is 0. The average molecular weight is 214 g/mol. The molecule has 2 atom stereocenters. The fourth-order valence-electron chi connectivity index (χ4n) is 2.21. The van der Waals surface area contributed by atoms with Crippen molar-refractivity contribution < 1.29 is 4.74 Å². The summed E-state index contributed by atoms with van der Waals surface area (Å²) >= 11 is 0. The Morgan fingerprint density at radius 3 is 2.47 bits per heavy atom. The monoisotopic (exact) mass is 214 g/mol. The molecule has 0 aromatic rings. The summed E-state index contributed by atoms with van der Waals surface area (Å²) < 4.78 is 5.86. The van der Waals surface area contributed by atoms with E-state index in [0.29, 0.717) is 6.10 Å². The van der Waals surface area contributed by atoms with Crippen LogP contribution in [0.2, 0.25) is 0 Å². The summed E-state index contributed by atoms with van der Waals surface area (Å²) in [6.07, 6.45) is 5.16. The van der Waals surface area contributed by atoms with Crippen molar-refractivity contribution in [2.24, 2.45) is 5.73 Å². The predicted molar refractivity (Wildman–Crippen MR) is 64.0 cm³/mol. The summed E-state index contributed by atoms with van der Waals surface area (Å²) in [7, 11) is 0. The van der Waals surface area contributed by atoms with E-state index in [1.807, 2.05) is 0 Å². The van der Waals surface area contributed by atoms with Gasteiger partial charge in [-0.15, -0.1) is 0 Å². The Morgan fingerprint density at radius 1 is 1.20 bits per heavy atom. The summed E-state index contributed by atoms with van der Waals surface area (Å²) in [4.78, 5) is 2.38. The van der Waals surface area contributed by atoms with Gasteiger partial charge < -0.3 is 15.4 Å². The van der Waals surface area contributed by atoms with Gasteiger partial charge >= 0.3 is 0 Å². The van der Waals surface area contributed by atoms with E-state index in [9.17, 15) is 0 Å². The van der Waals surface area contributed by atoms with Crippen LogP contribution in [0.25, 0.3) is 0 Å². The Labute approximate surface area is 94.0 Å². The quantitative estimate of drug-likeness (QED) is 0.730. The molecule has 3 heteroatoms. The van der Waals surface area contributed by atoms with Crippen molar-refractivity contribution in [1.82, 2.24) is 4.90 Å². The van der Waals surface area contributed by atoms with E-state index < -0.39 is 0 Å². The first-order valence-corrected chi connectivity index (χ1v) is 6.37. The van der Waals surface area contributed by atoms with E-state index in [0.717, 1.165) is 39.1 Å². The largest absolute Gasteiger partial charge is 0.375 e. The number of hydrogen-bond acceptors (Lipinski definition) is 3. The molecule has 0 aromatic carbocycles. The van der Waals surface area contributed by atoms with E-state index in [1.165, 1.54) is 12.8 Å². The van der Waals surface area contributed by atoms with Crippen LogP contribution >= 0.6 is 0 Å². The first-order valence-electron chi connectivity index (χ1n) is 6.37. The van der Waals surface area contributed by atoms with Crippen LogP contribution < -0.4 is 5.73 Å². The minimum atomic E-state index is 0.274. The average Bonchev–Trinajstić information content (AvgIpc) is 2.27. The van der Waals surface area contributed by atoms with Gasteiger partial charge in [0.2, 0.25) is 0 Å². The van der Waals surface area contributed by atoms with E-state index in [1.54, 1.807) is 0 Å². The minimum Gasteiger partial charge on any atom is -0.375 e. The van der Waals surface area contributed by atoms with Crippen molar-refractivity contribution in [3.8, 4) is 0 Å². The van der Waals surface area contributed by atoms with Crippen molar-refractivity contribution in [2.45, 2.75) is 51.7 Å². The Kier molecular flexibility index (Phi) is 6.22. The highest BCUT2D eigenvalue weighted by Crippen LogP contribution is 2.19. The lowest BCUT2D eigenvalue weighted by atomic mass is 9.93. The molecule has 0 radical (unpaired) electrons. The van der Waals surface area contributed by atoms with Gasteiger partial charge in [-0.05, 0) is 25.9 Å². The molecule has 90 valence electrons. The summed E-state index contributed by atoms with van der Waals surface area (Å²) in [6, 6.07) is 0.274. The molecule has 1 aliphatic rings. The molecule has 0 aromatic heterocycles. The van der Waals surface area contributed by atoms with E-state index in [2.05, 4.69) is 18.7 Å². The molecule has 0 aliphatic heterocycles.